The van der Waals surface area contributed by atoms with Gasteiger partial charge in [0.1, 0.15) is 0 Å². The van der Waals surface area contributed by atoms with Gasteiger partial charge >= 0.3 is 0 Å². The summed E-state index contributed by atoms with van der Waals surface area (Å²) in [6.07, 6.45) is 1.43. The van der Waals surface area contributed by atoms with Gasteiger partial charge in [0.25, 0.3) is 5.91 Å². The monoisotopic (exact) mass is 434 g/mol. The summed E-state index contributed by atoms with van der Waals surface area (Å²) in [6, 6.07) is 3.74. The Bertz CT molecular complexity index is 734. The molecule has 0 bridgehead atoms. The van der Waals surface area contributed by atoms with Crippen LogP contribution < -0.4 is 0 Å². The summed E-state index contributed by atoms with van der Waals surface area (Å²) < 4.78 is 5.33. The first kappa shape index (κ1) is 21.3. The molecule has 0 unspecified atom stereocenters. The van der Waals surface area contributed by atoms with Crippen LogP contribution in [-0.4, -0.2) is 109 Å². The van der Waals surface area contributed by atoms with Gasteiger partial charge in [0.2, 0.25) is 11.8 Å². The number of hydrogen-bond donors (Lipinski definition) is 0. The minimum atomic E-state index is -0.0204. The quantitative estimate of drug-likeness (QED) is 0.694. The Labute approximate surface area is 181 Å². The van der Waals surface area contributed by atoms with E-state index in [0.29, 0.717) is 71.9 Å². The molecule has 4 rings (SSSR count). The zero-order chi connectivity index (χ0) is 20.9. The number of carbonyl (C=O) groups excluding carboxylic acids is 3. The number of amides is 3. The van der Waals surface area contributed by atoms with E-state index in [1.54, 1.807) is 0 Å². The second-order valence-corrected chi connectivity index (χ2v) is 9.09. The molecule has 8 nitrogen and oxygen atoms in total. The molecule has 3 aliphatic rings. The van der Waals surface area contributed by atoms with E-state index in [2.05, 4.69) is 4.90 Å². The lowest BCUT2D eigenvalue weighted by Crippen LogP contribution is -2.55. The number of carbonyl (C=O) groups is 3. The molecule has 3 saturated heterocycles. The van der Waals surface area contributed by atoms with Gasteiger partial charge in [-0.1, -0.05) is 6.07 Å². The fraction of sp³-hybridized carbons (Fsp3) is 0.667. The van der Waals surface area contributed by atoms with Gasteiger partial charge in [0.05, 0.1) is 24.6 Å². The van der Waals surface area contributed by atoms with E-state index in [-0.39, 0.29) is 23.6 Å². The van der Waals surface area contributed by atoms with Gasteiger partial charge in [-0.25, -0.2) is 0 Å². The van der Waals surface area contributed by atoms with Crippen molar-refractivity contribution in [1.82, 2.24) is 19.6 Å². The fourth-order valence-electron chi connectivity index (χ4n) is 4.37. The Morgan fingerprint density at radius 3 is 2.20 bits per heavy atom. The fourth-order valence-corrected chi connectivity index (χ4v) is 5.06. The predicted octanol–water partition coefficient (Wildman–Crippen LogP) is 0.603. The molecule has 3 aliphatic heterocycles. The highest BCUT2D eigenvalue weighted by atomic mass is 32.1. The van der Waals surface area contributed by atoms with Crippen LogP contribution in [0.5, 0.6) is 0 Å². The molecular weight excluding hydrogens is 404 g/mol. The highest BCUT2D eigenvalue weighted by Crippen LogP contribution is 2.23. The highest BCUT2D eigenvalue weighted by molar-refractivity contribution is 7.12. The number of morpholine rings is 1. The van der Waals surface area contributed by atoms with Crippen molar-refractivity contribution in [2.75, 3.05) is 72.1 Å². The van der Waals surface area contributed by atoms with Gasteiger partial charge in [0, 0.05) is 58.3 Å². The van der Waals surface area contributed by atoms with Gasteiger partial charge in [-0.15, -0.1) is 11.3 Å². The first-order valence-electron chi connectivity index (χ1n) is 10.8. The summed E-state index contributed by atoms with van der Waals surface area (Å²) in [6.45, 7) is 7.08. The summed E-state index contributed by atoms with van der Waals surface area (Å²) in [5, 5.41) is 1.91. The number of ether oxygens (including phenoxy) is 1. The van der Waals surface area contributed by atoms with Gasteiger partial charge < -0.3 is 19.4 Å². The molecule has 1 aromatic heterocycles. The minimum Gasteiger partial charge on any atom is -0.379 e. The van der Waals surface area contributed by atoms with Crippen molar-refractivity contribution in [2.45, 2.75) is 12.8 Å². The third-order valence-electron chi connectivity index (χ3n) is 6.27. The van der Waals surface area contributed by atoms with Crippen LogP contribution in [0.4, 0.5) is 0 Å². The van der Waals surface area contributed by atoms with Crippen molar-refractivity contribution in [2.24, 2.45) is 5.92 Å². The molecule has 0 saturated carbocycles. The van der Waals surface area contributed by atoms with Crippen LogP contribution in [0.15, 0.2) is 17.5 Å². The summed E-state index contributed by atoms with van der Waals surface area (Å²) in [7, 11) is 0. The van der Waals surface area contributed by atoms with Crippen LogP contribution in [0.25, 0.3) is 0 Å². The summed E-state index contributed by atoms with van der Waals surface area (Å²) in [5.74, 6) is 0.374. The lowest BCUT2D eigenvalue weighted by atomic mass is 9.95. The summed E-state index contributed by atoms with van der Waals surface area (Å²) in [5.41, 5.74) is 0. The first-order valence-corrected chi connectivity index (χ1v) is 11.7. The van der Waals surface area contributed by atoms with Crippen LogP contribution in [-0.2, 0) is 14.3 Å². The molecule has 0 aromatic carbocycles. The number of nitrogens with zero attached hydrogens (tertiary/aromatic N) is 4. The SMILES string of the molecule is O=C(CN1CCOCC1)N1CCN(C(=O)C2CCN(C(=O)c3cccs3)CC2)CC1. The molecule has 0 spiro atoms. The molecule has 1 aromatic rings. The molecule has 164 valence electrons. The van der Waals surface area contributed by atoms with Crippen LogP contribution >= 0.6 is 11.3 Å². The van der Waals surface area contributed by atoms with Crippen molar-refractivity contribution < 1.29 is 19.1 Å². The molecule has 0 atom stereocenters. The molecule has 9 heteroatoms. The largest absolute Gasteiger partial charge is 0.379 e. The van der Waals surface area contributed by atoms with Crippen LogP contribution in [0.2, 0.25) is 0 Å². The third kappa shape index (κ3) is 5.01. The maximum absolute atomic E-state index is 13.0. The number of piperazine rings is 1. The predicted molar refractivity (Wildman–Crippen MR) is 113 cm³/mol. The van der Waals surface area contributed by atoms with Crippen LogP contribution in [0, 0.1) is 5.92 Å². The normalized spacial score (nSPS) is 21.7. The van der Waals surface area contributed by atoms with Gasteiger partial charge in [-0.05, 0) is 24.3 Å². The Balaban J connectivity index is 1.20. The Morgan fingerprint density at radius 1 is 0.900 bits per heavy atom. The lowest BCUT2D eigenvalue weighted by molar-refractivity contribution is -0.143. The van der Waals surface area contributed by atoms with Crippen molar-refractivity contribution >= 4 is 29.1 Å². The van der Waals surface area contributed by atoms with E-state index in [9.17, 15) is 14.4 Å². The molecule has 4 heterocycles. The van der Waals surface area contributed by atoms with Gasteiger partial charge in [-0.2, -0.15) is 0 Å². The van der Waals surface area contributed by atoms with Crippen molar-refractivity contribution in [1.29, 1.82) is 0 Å². The number of rotatable bonds is 4. The first-order chi connectivity index (χ1) is 14.6. The third-order valence-corrected chi connectivity index (χ3v) is 7.13. The van der Waals surface area contributed by atoms with Crippen LogP contribution in [0.1, 0.15) is 22.5 Å². The van der Waals surface area contributed by atoms with E-state index in [1.807, 2.05) is 32.2 Å². The molecule has 0 aliphatic carbocycles. The van der Waals surface area contributed by atoms with Gasteiger partial charge in [-0.3, -0.25) is 19.3 Å². The van der Waals surface area contributed by atoms with E-state index in [4.69, 9.17) is 4.74 Å². The lowest BCUT2D eigenvalue weighted by Gasteiger charge is -2.39. The molecule has 3 amide bonds. The highest BCUT2D eigenvalue weighted by Gasteiger charge is 2.33. The van der Waals surface area contributed by atoms with Crippen molar-refractivity contribution in [3.8, 4) is 0 Å². The number of piperidine rings is 1. The average molecular weight is 435 g/mol. The van der Waals surface area contributed by atoms with Crippen molar-refractivity contribution in [3.05, 3.63) is 22.4 Å². The maximum Gasteiger partial charge on any atom is 0.263 e. The number of thiophene rings is 1. The summed E-state index contributed by atoms with van der Waals surface area (Å²) in [4.78, 5) is 46.5. The standard InChI is InChI=1S/C21H30N4O4S/c26-19(16-22-11-13-29-14-12-22)23-7-9-25(10-8-23)20(27)17-3-5-24(6-4-17)21(28)18-2-1-15-30-18/h1-2,15,17H,3-14,16H2. The minimum absolute atomic E-state index is 0.0204. The van der Waals surface area contributed by atoms with Crippen molar-refractivity contribution in [3.63, 3.8) is 0 Å². The molecule has 30 heavy (non-hydrogen) atoms. The maximum atomic E-state index is 13.0. The van der Waals surface area contributed by atoms with Crippen LogP contribution in [0.3, 0.4) is 0 Å². The topological polar surface area (TPSA) is 73.4 Å². The zero-order valence-electron chi connectivity index (χ0n) is 17.3. The number of hydrogen-bond acceptors (Lipinski definition) is 6. The van der Waals surface area contributed by atoms with E-state index in [1.165, 1.54) is 11.3 Å². The number of likely N-dealkylation sites (tertiary alicyclic amines) is 1. The van der Waals surface area contributed by atoms with E-state index >= 15 is 0 Å². The summed E-state index contributed by atoms with van der Waals surface area (Å²) >= 11 is 1.46. The van der Waals surface area contributed by atoms with Gasteiger partial charge in [0.15, 0.2) is 0 Å². The molecule has 3 fully saturated rings. The van der Waals surface area contributed by atoms with E-state index in [0.717, 1.165) is 18.0 Å². The average Bonchev–Trinajstić information content (AvgIpc) is 3.34. The molecule has 0 N–H and O–H groups in total. The Kier molecular flexibility index (Phi) is 7.01. The Morgan fingerprint density at radius 2 is 1.57 bits per heavy atom. The molecular formula is C21H30N4O4S. The second kappa shape index (κ2) is 9.89. The van der Waals surface area contributed by atoms with E-state index < -0.39 is 0 Å². The second-order valence-electron chi connectivity index (χ2n) is 8.14. The zero-order valence-corrected chi connectivity index (χ0v) is 18.1. The smallest absolute Gasteiger partial charge is 0.263 e. The molecule has 0 radical (unpaired) electrons. The Hall–Kier alpha value is -1.97.